The molecular formula is C22H29N5O4. The van der Waals surface area contributed by atoms with Crippen LogP contribution in [0.25, 0.3) is 17.2 Å². The highest BCUT2D eigenvalue weighted by atomic mass is 16.5. The van der Waals surface area contributed by atoms with Crippen molar-refractivity contribution in [3.63, 3.8) is 0 Å². The zero-order chi connectivity index (χ0) is 23.1. The van der Waals surface area contributed by atoms with Crippen LogP contribution in [0.3, 0.4) is 0 Å². The number of aliphatic imine (C=N–C) groups is 1. The number of rotatable bonds is 8. The van der Waals surface area contributed by atoms with Gasteiger partial charge in [-0.2, -0.15) is 0 Å². The van der Waals surface area contributed by atoms with Gasteiger partial charge in [-0.15, -0.1) is 6.58 Å². The minimum absolute atomic E-state index is 0.0218. The van der Waals surface area contributed by atoms with Crippen molar-refractivity contribution in [2.24, 2.45) is 4.99 Å². The van der Waals surface area contributed by atoms with Gasteiger partial charge < -0.3 is 18.3 Å². The predicted molar refractivity (Wildman–Crippen MR) is 120 cm³/mol. The molecule has 0 atom stereocenters. The van der Waals surface area contributed by atoms with Gasteiger partial charge in [-0.3, -0.25) is 4.99 Å². The van der Waals surface area contributed by atoms with Crippen LogP contribution in [-0.2, 0) is 4.74 Å². The molecule has 0 amide bonds. The van der Waals surface area contributed by atoms with Crippen molar-refractivity contribution in [2.45, 2.75) is 34.1 Å². The normalized spacial score (nSPS) is 9.94. The second-order valence-corrected chi connectivity index (χ2v) is 5.43. The van der Waals surface area contributed by atoms with Gasteiger partial charge >= 0.3 is 5.97 Å². The van der Waals surface area contributed by atoms with Gasteiger partial charge in [-0.05, 0) is 27.0 Å². The Morgan fingerprint density at radius 3 is 2.74 bits per heavy atom. The molecule has 0 bridgehead atoms. The molecule has 31 heavy (non-hydrogen) atoms. The lowest BCUT2D eigenvalue weighted by molar-refractivity contribution is 0.0491. The van der Waals surface area contributed by atoms with E-state index in [-0.39, 0.29) is 18.3 Å². The topological polar surface area (TPSA) is 104 Å². The van der Waals surface area contributed by atoms with Gasteiger partial charge in [0.2, 0.25) is 17.3 Å². The van der Waals surface area contributed by atoms with Gasteiger partial charge in [-0.1, -0.05) is 26.0 Å². The summed E-state index contributed by atoms with van der Waals surface area (Å²) in [6.45, 7) is 15.2. The molecular weight excluding hydrogens is 398 g/mol. The first-order valence-corrected chi connectivity index (χ1v) is 9.92. The van der Waals surface area contributed by atoms with E-state index < -0.39 is 5.97 Å². The molecule has 0 aliphatic carbocycles. The number of allylic oxidation sites excluding steroid dienone is 1. The number of fused-ring (bicyclic) bond motifs is 1. The molecule has 3 rings (SSSR count). The van der Waals surface area contributed by atoms with Gasteiger partial charge in [0, 0.05) is 24.8 Å². The van der Waals surface area contributed by atoms with E-state index in [1.54, 1.807) is 42.2 Å². The Kier molecular flexibility index (Phi) is 11.6. The van der Waals surface area contributed by atoms with Crippen LogP contribution in [0.5, 0.6) is 5.88 Å². The third-order valence-electron chi connectivity index (χ3n) is 3.36. The third kappa shape index (κ3) is 7.54. The zero-order valence-corrected chi connectivity index (χ0v) is 18.4. The van der Waals surface area contributed by atoms with Crippen LogP contribution in [0.1, 0.15) is 44.7 Å². The number of hydrogen-bond acceptors (Lipinski definition) is 8. The van der Waals surface area contributed by atoms with Gasteiger partial charge in [-0.25, -0.2) is 19.7 Å². The van der Waals surface area contributed by atoms with Crippen molar-refractivity contribution in [3.05, 3.63) is 55.5 Å². The van der Waals surface area contributed by atoms with Crippen LogP contribution in [-0.4, -0.2) is 45.3 Å². The molecule has 3 heterocycles. The fourth-order valence-corrected chi connectivity index (χ4v) is 2.14. The lowest BCUT2D eigenvalue weighted by Crippen LogP contribution is -2.03. The fourth-order valence-electron chi connectivity index (χ4n) is 2.14. The summed E-state index contributed by atoms with van der Waals surface area (Å²) in [7, 11) is 0. The SMILES string of the molecule is C=CCCOc1nc(-c2ncc(C(=O)OCC)o2)cn2ccnc12.C=N/C=C\C.CC. The number of esters is 1. The van der Waals surface area contributed by atoms with Crippen LogP contribution in [0.15, 0.2) is 59.1 Å². The molecule has 0 aliphatic heterocycles. The average molecular weight is 428 g/mol. The maximum atomic E-state index is 11.7. The molecule has 0 radical (unpaired) electrons. The van der Waals surface area contributed by atoms with Crippen LogP contribution in [0, 0.1) is 0 Å². The molecule has 0 spiro atoms. The standard InChI is InChI=1S/C16H16N4O4.C4H7N.C2H6/c1-3-5-8-23-15-13-17-6-7-20(13)10-11(19-15)14-18-9-12(24-14)16(21)22-4-2;1-3-4-5-2;1-2/h3,6-7,9-10H,1,4-5,8H2,2H3;3-4H,2H2,1H3;1-2H3/b;4-3-;. The summed E-state index contributed by atoms with van der Waals surface area (Å²) in [4.78, 5) is 27.8. The Hall–Kier alpha value is -3.75. The minimum atomic E-state index is -0.567. The molecule has 9 heteroatoms. The summed E-state index contributed by atoms with van der Waals surface area (Å²) < 4.78 is 17.7. The Morgan fingerprint density at radius 1 is 1.35 bits per heavy atom. The predicted octanol–water partition coefficient (Wildman–Crippen LogP) is 4.76. The van der Waals surface area contributed by atoms with E-state index in [2.05, 4.69) is 33.2 Å². The maximum Gasteiger partial charge on any atom is 0.375 e. The van der Waals surface area contributed by atoms with Crippen LogP contribution < -0.4 is 4.74 Å². The summed E-state index contributed by atoms with van der Waals surface area (Å²) in [6.07, 6.45) is 12.3. The molecule has 9 nitrogen and oxygen atoms in total. The molecule has 0 saturated carbocycles. The lowest BCUT2D eigenvalue weighted by Gasteiger charge is -2.06. The Labute approximate surface area is 182 Å². The highest BCUT2D eigenvalue weighted by Gasteiger charge is 2.18. The summed E-state index contributed by atoms with van der Waals surface area (Å²) in [6, 6.07) is 0. The van der Waals surface area contributed by atoms with E-state index in [1.807, 2.05) is 26.8 Å². The van der Waals surface area contributed by atoms with Gasteiger partial charge in [0.15, 0.2) is 0 Å². The van der Waals surface area contributed by atoms with Crippen LogP contribution >= 0.6 is 0 Å². The van der Waals surface area contributed by atoms with Crippen LogP contribution in [0.2, 0.25) is 0 Å². The lowest BCUT2D eigenvalue weighted by atomic mass is 10.4. The van der Waals surface area contributed by atoms with Gasteiger partial charge in [0.1, 0.15) is 5.69 Å². The molecule has 0 saturated heterocycles. The Bertz CT molecular complexity index is 991. The van der Waals surface area contributed by atoms with E-state index in [0.29, 0.717) is 30.2 Å². The molecule has 0 fully saturated rings. The summed E-state index contributed by atoms with van der Waals surface area (Å²) in [5.74, 6) is 0.00776. The second-order valence-electron chi connectivity index (χ2n) is 5.43. The van der Waals surface area contributed by atoms with E-state index in [9.17, 15) is 4.79 Å². The highest BCUT2D eigenvalue weighted by Crippen LogP contribution is 2.23. The number of carbonyl (C=O) groups is 1. The van der Waals surface area contributed by atoms with Crippen molar-refractivity contribution < 1.29 is 18.7 Å². The number of hydrogen-bond donors (Lipinski definition) is 0. The summed E-state index contributed by atoms with van der Waals surface area (Å²) in [5.41, 5.74) is 1.00. The Balaban J connectivity index is 0.000000605. The third-order valence-corrected chi connectivity index (χ3v) is 3.36. The number of nitrogens with zero attached hydrogens (tertiary/aromatic N) is 5. The molecule has 0 aromatic carbocycles. The number of carbonyl (C=O) groups excluding carboxylic acids is 1. The van der Waals surface area contributed by atoms with Crippen molar-refractivity contribution in [3.8, 4) is 17.5 Å². The number of aromatic nitrogens is 4. The first-order chi connectivity index (χ1) is 15.1. The van der Waals surface area contributed by atoms with Crippen molar-refractivity contribution >= 4 is 18.3 Å². The Morgan fingerprint density at radius 2 is 2.13 bits per heavy atom. The van der Waals surface area contributed by atoms with Crippen LogP contribution in [0.4, 0.5) is 0 Å². The molecule has 3 aromatic heterocycles. The van der Waals surface area contributed by atoms with E-state index in [4.69, 9.17) is 13.9 Å². The fraction of sp³-hybridized carbons (Fsp3) is 0.318. The monoisotopic (exact) mass is 427 g/mol. The molecule has 0 N–H and O–H groups in total. The van der Waals surface area contributed by atoms with E-state index in [0.717, 1.165) is 0 Å². The quantitative estimate of drug-likeness (QED) is 0.221. The largest absolute Gasteiger partial charge is 0.475 e. The summed E-state index contributed by atoms with van der Waals surface area (Å²) >= 11 is 0. The zero-order valence-electron chi connectivity index (χ0n) is 18.4. The number of imidazole rings is 1. The molecule has 0 unspecified atom stereocenters. The minimum Gasteiger partial charge on any atom is -0.475 e. The van der Waals surface area contributed by atoms with Gasteiger partial charge in [0.25, 0.3) is 5.88 Å². The van der Waals surface area contributed by atoms with E-state index >= 15 is 0 Å². The number of ether oxygens (including phenoxy) is 2. The van der Waals surface area contributed by atoms with Crippen molar-refractivity contribution in [1.82, 2.24) is 19.4 Å². The van der Waals surface area contributed by atoms with Gasteiger partial charge in [0.05, 0.1) is 19.4 Å². The molecule has 3 aromatic rings. The maximum absolute atomic E-state index is 11.7. The highest BCUT2D eigenvalue weighted by molar-refractivity contribution is 5.86. The first-order valence-electron chi connectivity index (χ1n) is 9.92. The van der Waals surface area contributed by atoms with Crippen molar-refractivity contribution in [1.29, 1.82) is 0 Å². The summed E-state index contributed by atoms with van der Waals surface area (Å²) in [5, 5.41) is 0. The first kappa shape index (κ1) is 25.3. The molecule has 0 aliphatic rings. The number of oxazole rings is 1. The average Bonchev–Trinajstić information content (AvgIpc) is 3.46. The molecule has 166 valence electrons. The second kappa shape index (κ2) is 14.3. The van der Waals surface area contributed by atoms with E-state index in [1.165, 1.54) is 6.20 Å². The smallest absolute Gasteiger partial charge is 0.375 e. The van der Waals surface area contributed by atoms with Crippen molar-refractivity contribution in [2.75, 3.05) is 13.2 Å².